The van der Waals surface area contributed by atoms with Gasteiger partial charge in [0, 0.05) is 24.5 Å². The summed E-state index contributed by atoms with van der Waals surface area (Å²) in [6, 6.07) is 10.6. The lowest BCUT2D eigenvalue weighted by Gasteiger charge is -2.26. The van der Waals surface area contributed by atoms with Crippen molar-refractivity contribution in [1.29, 1.82) is 0 Å². The molecule has 3 rings (SSSR count). The first-order valence-corrected chi connectivity index (χ1v) is 11.9. The van der Waals surface area contributed by atoms with E-state index in [0.29, 0.717) is 24.7 Å². The number of ether oxygens (including phenoxy) is 2. The Morgan fingerprint density at radius 3 is 2.57 bits per heavy atom. The van der Waals surface area contributed by atoms with Crippen LogP contribution in [0.4, 0.5) is 10.1 Å². The number of hydrogen-bond donors (Lipinski definition) is 1. The molecule has 1 saturated heterocycles. The van der Waals surface area contributed by atoms with Gasteiger partial charge in [-0.15, -0.1) is 11.8 Å². The molecule has 1 N–H and O–H groups in total. The fourth-order valence-corrected chi connectivity index (χ4v) is 5.30. The normalized spacial score (nSPS) is 15.0. The van der Waals surface area contributed by atoms with Gasteiger partial charge < -0.3 is 14.8 Å². The number of halogens is 1. The maximum Gasteiger partial charge on any atom is 0.246 e. The number of nitrogens with one attached hydrogen (secondary N) is 1. The molecule has 10 heteroatoms. The van der Waals surface area contributed by atoms with E-state index in [1.165, 1.54) is 47.4 Å². The van der Waals surface area contributed by atoms with Crippen LogP contribution in [0, 0.1) is 5.82 Å². The molecule has 2 aromatic carbocycles. The van der Waals surface area contributed by atoms with Gasteiger partial charge in [0.2, 0.25) is 15.9 Å². The number of amides is 1. The van der Waals surface area contributed by atoms with Gasteiger partial charge in [0.05, 0.1) is 26.1 Å². The number of anilines is 1. The second-order valence-corrected chi connectivity index (χ2v) is 9.44. The van der Waals surface area contributed by atoms with Crippen molar-refractivity contribution in [2.45, 2.75) is 10.6 Å². The van der Waals surface area contributed by atoms with Crippen LogP contribution < -0.4 is 10.1 Å². The minimum Gasteiger partial charge on any atom is -0.495 e. The fraction of sp³-hybridized carbons (Fsp3) is 0.350. The summed E-state index contributed by atoms with van der Waals surface area (Å²) < 4.78 is 50.7. The minimum atomic E-state index is -3.78. The van der Waals surface area contributed by atoms with E-state index in [1.807, 2.05) is 0 Å². The zero-order valence-electron chi connectivity index (χ0n) is 16.5. The van der Waals surface area contributed by atoms with Crippen LogP contribution in [0.1, 0.15) is 5.56 Å². The Morgan fingerprint density at radius 2 is 1.90 bits per heavy atom. The number of morpholine rings is 1. The van der Waals surface area contributed by atoms with E-state index in [2.05, 4.69) is 5.32 Å². The van der Waals surface area contributed by atoms with Crippen molar-refractivity contribution in [2.75, 3.05) is 44.5 Å². The lowest BCUT2D eigenvalue weighted by Crippen LogP contribution is -2.40. The minimum absolute atomic E-state index is 0.00339. The molecule has 0 radical (unpaired) electrons. The first kappa shape index (κ1) is 22.5. The van der Waals surface area contributed by atoms with E-state index in [4.69, 9.17) is 9.47 Å². The number of sulfonamides is 1. The van der Waals surface area contributed by atoms with Gasteiger partial charge in [0.25, 0.3) is 0 Å². The van der Waals surface area contributed by atoms with Gasteiger partial charge in [0.1, 0.15) is 16.5 Å². The lowest BCUT2D eigenvalue weighted by atomic mass is 10.2. The van der Waals surface area contributed by atoms with E-state index in [-0.39, 0.29) is 41.2 Å². The van der Waals surface area contributed by atoms with Gasteiger partial charge in [0.15, 0.2) is 0 Å². The van der Waals surface area contributed by atoms with Crippen molar-refractivity contribution in [3.63, 3.8) is 0 Å². The fourth-order valence-electron chi connectivity index (χ4n) is 2.92. The van der Waals surface area contributed by atoms with Crippen LogP contribution >= 0.6 is 11.8 Å². The SMILES string of the molecule is COc1ccc(NC(=O)CSCc2ccc(F)cc2)cc1S(=O)(=O)N1CCOCC1. The first-order valence-electron chi connectivity index (χ1n) is 9.28. The number of nitrogens with zero attached hydrogens (tertiary/aromatic N) is 1. The maximum absolute atomic E-state index is 13.0. The molecule has 0 atom stereocenters. The molecule has 30 heavy (non-hydrogen) atoms. The van der Waals surface area contributed by atoms with E-state index in [1.54, 1.807) is 18.2 Å². The van der Waals surface area contributed by atoms with Crippen molar-refractivity contribution in [3.8, 4) is 5.75 Å². The van der Waals surface area contributed by atoms with Crippen LogP contribution in [0.2, 0.25) is 0 Å². The molecule has 1 fully saturated rings. The molecular formula is C20H23FN2O5S2. The highest BCUT2D eigenvalue weighted by atomic mass is 32.2. The summed E-state index contributed by atoms with van der Waals surface area (Å²) >= 11 is 1.38. The second-order valence-electron chi connectivity index (χ2n) is 6.55. The number of thioether (sulfide) groups is 1. The molecule has 1 aliphatic heterocycles. The zero-order valence-corrected chi connectivity index (χ0v) is 18.1. The Hall–Kier alpha value is -2.14. The summed E-state index contributed by atoms with van der Waals surface area (Å²) in [6.45, 7) is 1.21. The number of methoxy groups -OCH3 is 1. The van der Waals surface area contributed by atoms with Gasteiger partial charge in [-0.2, -0.15) is 4.31 Å². The van der Waals surface area contributed by atoms with Crippen LogP contribution in [0.5, 0.6) is 5.75 Å². The lowest BCUT2D eigenvalue weighted by molar-refractivity contribution is -0.113. The summed E-state index contributed by atoms with van der Waals surface area (Å²) in [4.78, 5) is 12.3. The molecule has 0 unspecified atom stereocenters. The van der Waals surface area contributed by atoms with Gasteiger partial charge in [-0.05, 0) is 35.9 Å². The van der Waals surface area contributed by atoms with Crippen LogP contribution in [0.25, 0.3) is 0 Å². The van der Waals surface area contributed by atoms with Crippen LogP contribution in [-0.2, 0) is 25.3 Å². The monoisotopic (exact) mass is 454 g/mol. The average Bonchev–Trinajstić information content (AvgIpc) is 2.75. The topological polar surface area (TPSA) is 84.9 Å². The van der Waals surface area contributed by atoms with E-state index < -0.39 is 10.0 Å². The Morgan fingerprint density at radius 1 is 1.20 bits per heavy atom. The standard InChI is InChI=1S/C20H23FN2O5S2/c1-27-18-7-6-17(12-19(18)30(25,26)23-8-10-28-11-9-23)22-20(24)14-29-13-15-2-4-16(21)5-3-15/h2-7,12H,8-11,13-14H2,1H3,(H,22,24). The Bertz CT molecular complexity index is 977. The molecule has 2 aromatic rings. The van der Waals surface area contributed by atoms with Gasteiger partial charge >= 0.3 is 0 Å². The number of carbonyl (C=O) groups is 1. The van der Waals surface area contributed by atoms with Crippen molar-refractivity contribution >= 4 is 33.4 Å². The summed E-state index contributed by atoms with van der Waals surface area (Å²) in [5, 5.41) is 2.72. The number of rotatable bonds is 8. The molecule has 0 saturated carbocycles. The highest BCUT2D eigenvalue weighted by Crippen LogP contribution is 2.30. The smallest absolute Gasteiger partial charge is 0.246 e. The third-order valence-corrected chi connectivity index (χ3v) is 7.37. The van der Waals surface area contributed by atoms with Crippen molar-refractivity contribution in [1.82, 2.24) is 4.31 Å². The summed E-state index contributed by atoms with van der Waals surface area (Å²) in [5.74, 6) is 0.387. The van der Waals surface area contributed by atoms with Crippen LogP contribution in [-0.4, -0.2) is 57.8 Å². The molecule has 1 aliphatic rings. The molecular weight excluding hydrogens is 431 g/mol. The van der Waals surface area contributed by atoms with Gasteiger partial charge in [-0.1, -0.05) is 12.1 Å². The molecule has 1 amide bonds. The molecule has 0 aliphatic carbocycles. The zero-order chi connectivity index (χ0) is 21.6. The number of hydrogen-bond acceptors (Lipinski definition) is 6. The van der Waals surface area contributed by atoms with Crippen LogP contribution in [0.15, 0.2) is 47.4 Å². The van der Waals surface area contributed by atoms with Gasteiger partial charge in [-0.3, -0.25) is 4.79 Å². The van der Waals surface area contributed by atoms with Crippen molar-refractivity contribution < 1.29 is 27.1 Å². The third-order valence-electron chi connectivity index (χ3n) is 4.45. The van der Waals surface area contributed by atoms with E-state index >= 15 is 0 Å². The Kier molecular flexibility index (Phi) is 7.70. The van der Waals surface area contributed by atoms with Gasteiger partial charge in [-0.25, -0.2) is 12.8 Å². The average molecular weight is 455 g/mol. The predicted molar refractivity (Wildman–Crippen MR) is 114 cm³/mol. The maximum atomic E-state index is 13.0. The largest absolute Gasteiger partial charge is 0.495 e. The molecule has 0 spiro atoms. The number of carbonyl (C=O) groups excluding carboxylic acids is 1. The van der Waals surface area contributed by atoms with E-state index in [9.17, 15) is 17.6 Å². The van der Waals surface area contributed by atoms with Crippen molar-refractivity contribution in [3.05, 3.63) is 53.8 Å². The summed E-state index contributed by atoms with van der Waals surface area (Å²) in [7, 11) is -2.38. The first-order chi connectivity index (χ1) is 14.4. The second kappa shape index (κ2) is 10.3. The molecule has 1 heterocycles. The summed E-state index contributed by atoms with van der Waals surface area (Å²) in [6.07, 6.45) is 0. The highest BCUT2D eigenvalue weighted by molar-refractivity contribution is 7.99. The van der Waals surface area contributed by atoms with E-state index in [0.717, 1.165) is 5.56 Å². The Balaban J connectivity index is 1.65. The molecule has 0 bridgehead atoms. The summed E-state index contributed by atoms with van der Waals surface area (Å²) in [5.41, 5.74) is 1.28. The molecule has 162 valence electrons. The van der Waals surface area contributed by atoms with Crippen LogP contribution in [0.3, 0.4) is 0 Å². The quantitative estimate of drug-likeness (QED) is 0.660. The third kappa shape index (κ3) is 5.72. The Labute approximate surface area is 179 Å². The van der Waals surface area contributed by atoms with Crippen molar-refractivity contribution in [2.24, 2.45) is 0 Å². The number of benzene rings is 2. The predicted octanol–water partition coefficient (Wildman–Crippen LogP) is 2.73. The highest BCUT2D eigenvalue weighted by Gasteiger charge is 2.29. The molecule has 0 aromatic heterocycles. The molecule has 7 nitrogen and oxygen atoms in total.